The van der Waals surface area contributed by atoms with E-state index in [1.807, 2.05) is 0 Å². The first-order valence-electron chi connectivity index (χ1n) is 6.40. The van der Waals surface area contributed by atoms with E-state index in [0.29, 0.717) is 12.2 Å². The third-order valence-electron chi connectivity index (χ3n) is 3.25. The highest BCUT2D eigenvalue weighted by atomic mass is 32.1. The first kappa shape index (κ1) is 13.5. The molecule has 6 heteroatoms. The Labute approximate surface area is 111 Å². The van der Waals surface area contributed by atoms with Gasteiger partial charge in [-0.25, -0.2) is 4.98 Å². The maximum atomic E-state index is 12.0. The molecule has 0 bridgehead atoms. The Bertz CT molecular complexity index is 407. The van der Waals surface area contributed by atoms with Crippen molar-refractivity contribution in [2.24, 2.45) is 5.73 Å². The molecule has 18 heavy (non-hydrogen) atoms. The maximum absolute atomic E-state index is 12.0. The number of hydrogen-bond donors (Lipinski definition) is 2. The zero-order chi connectivity index (χ0) is 13.0. The molecular formula is C12H20N4OS. The van der Waals surface area contributed by atoms with Gasteiger partial charge in [0.05, 0.1) is 0 Å². The van der Waals surface area contributed by atoms with Crippen LogP contribution in [0.15, 0.2) is 5.38 Å². The lowest BCUT2D eigenvalue weighted by Crippen LogP contribution is -2.47. The lowest BCUT2D eigenvalue weighted by molar-refractivity contribution is 0.0901. The number of thiazole rings is 1. The van der Waals surface area contributed by atoms with Gasteiger partial charge in [0.15, 0.2) is 0 Å². The smallest absolute Gasteiger partial charge is 0.271 e. The maximum Gasteiger partial charge on any atom is 0.271 e. The number of nitrogens with one attached hydrogen (secondary N) is 1. The lowest BCUT2D eigenvalue weighted by atomic mass is 10.1. The van der Waals surface area contributed by atoms with Gasteiger partial charge in [-0.3, -0.25) is 4.79 Å². The Hall–Kier alpha value is -0.980. The summed E-state index contributed by atoms with van der Waals surface area (Å²) in [5, 5.41) is 5.64. The number of piperidine rings is 1. The summed E-state index contributed by atoms with van der Waals surface area (Å²) in [5.41, 5.74) is 5.99. The minimum Gasteiger partial charge on any atom is -0.347 e. The third kappa shape index (κ3) is 3.28. The summed E-state index contributed by atoms with van der Waals surface area (Å²) >= 11 is 1.44. The van der Waals surface area contributed by atoms with E-state index in [9.17, 15) is 4.79 Å². The summed E-state index contributed by atoms with van der Waals surface area (Å²) in [5.74, 6) is -0.0751. The first-order chi connectivity index (χ1) is 8.72. The molecule has 1 unspecified atom stereocenters. The summed E-state index contributed by atoms with van der Waals surface area (Å²) in [4.78, 5) is 18.6. The van der Waals surface area contributed by atoms with Crippen LogP contribution in [0.4, 0.5) is 0 Å². The van der Waals surface area contributed by atoms with Crippen molar-refractivity contribution in [2.45, 2.75) is 32.4 Å². The van der Waals surface area contributed by atoms with Gasteiger partial charge in [0.2, 0.25) is 0 Å². The van der Waals surface area contributed by atoms with Crippen molar-refractivity contribution in [3.8, 4) is 0 Å². The number of amides is 1. The van der Waals surface area contributed by atoms with Crippen molar-refractivity contribution in [3.05, 3.63) is 16.1 Å². The number of aromatic nitrogens is 1. The van der Waals surface area contributed by atoms with Crippen LogP contribution in [0.1, 0.15) is 35.3 Å². The van der Waals surface area contributed by atoms with Gasteiger partial charge in [0.1, 0.15) is 10.7 Å². The molecular weight excluding hydrogens is 248 g/mol. The first-order valence-corrected chi connectivity index (χ1v) is 7.28. The van der Waals surface area contributed by atoms with Gasteiger partial charge < -0.3 is 16.0 Å². The number of hydrogen-bond acceptors (Lipinski definition) is 5. The number of carbonyl (C=O) groups is 1. The summed E-state index contributed by atoms with van der Waals surface area (Å²) in [7, 11) is 0. The van der Waals surface area contributed by atoms with E-state index in [2.05, 4.69) is 22.1 Å². The molecule has 0 aliphatic carbocycles. The number of nitrogens with two attached hydrogens (primary N) is 1. The summed E-state index contributed by atoms with van der Waals surface area (Å²) in [6.45, 7) is 5.66. The Balaban J connectivity index is 1.90. The quantitative estimate of drug-likeness (QED) is 0.848. The molecule has 0 radical (unpaired) electrons. The zero-order valence-electron chi connectivity index (χ0n) is 10.7. The number of rotatable bonds is 4. The zero-order valence-corrected chi connectivity index (χ0v) is 11.5. The van der Waals surface area contributed by atoms with Crippen molar-refractivity contribution >= 4 is 17.2 Å². The molecule has 1 aromatic heterocycles. The Morgan fingerprint density at radius 1 is 1.72 bits per heavy atom. The molecule has 2 heterocycles. The Kier molecular flexibility index (Phi) is 4.68. The van der Waals surface area contributed by atoms with E-state index in [4.69, 9.17) is 5.73 Å². The number of likely N-dealkylation sites (N-methyl/N-ethyl adjacent to an activating group) is 1. The van der Waals surface area contributed by atoms with E-state index in [-0.39, 0.29) is 11.9 Å². The molecule has 1 fully saturated rings. The average Bonchev–Trinajstić information content (AvgIpc) is 2.88. The summed E-state index contributed by atoms with van der Waals surface area (Å²) in [6.07, 6.45) is 2.19. The van der Waals surface area contributed by atoms with E-state index in [1.54, 1.807) is 5.38 Å². The molecule has 0 spiro atoms. The summed E-state index contributed by atoms with van der Waals surface area (Å²) < 4.78 is 0. The topological polar surface area (TPSA) is 71.2 Å². The molecule has 1 aromatic rings. The highest BCUT2D eigenvalue weighted by Gasteiger charge is 2.21. The second kappa shape index (κ2) is 6.26. The van der Waals surface area contributed by atoms with Crippen LogP contribution in [-0.4, -0.2) is 41.5 Å². The van der Waals surface area contributed by atoms with Crippen LogP contribution >= 0.6 is 11.3 Å². The highest BCUT2D eigenvalue weighted by molar-refractivity contribution is 7.09. The van der Waals surface area contributed by atoms with Crippen LogP contribution in [0.25, 0.3) is 0 Å². The fourth-order valence-electron chi connectivity index (χ4n) is 2.23. The molecule has 1 aliphatic heterocycles. The molecule has 1 aliphatic rings. The van der Waals surface area contributed by atoms with Gasteiger partial charge in [-0.15, -0.1) is 11.3 Å². The second-order valence-electron chi connectivity index (χ2n) is 4.54. The van der Waals surface area contributed by atoms with E-state index in [0.717, 1.165) is 37.5 Å². The minimum atomic E-state index is -0.0751. The minimum absolute atomic E-state index is 0.0751. The van der Waals surface area contributed by atoms with E-state index < -0.39 is 0 Å². The van der Waals surface area contributed by atoms with Crippen LogP contribution in [0, 0.1) is 0 Å². The molecule has 2 rings (SSSR count). The number of carbonyl (C=O) groups excluding carboxylic acids is 1. The predicted octanol–water partition coefficient (Wildman–Crippen LogP) is 0.816. The van der Waals surface area contributed by atoms with Crippen LogP contribution in [-0.2, 0) is 6.54 Å². The molecule has 1 amide bonds. The lowest BCUT2D eigenvalue weighted by Gasteiger charge is -2.32. The van der Waals surface area contributed by atoms with Gasteiger partial charge in [0.25, 0.3) is 5.91 Å². The number of likely N-dealkylation sites (tertiary alicyclic amines) is 1. The van der Waals surface area contributed by atoms with Crippen LogP contribution in [0.5, 0.6) is 0 Å². The normalized spacial score (nSPS) is 20.9. The van der Waals surface area contributed by atoms with Gasteiger partial charge in [-0.1, -0.05) is 6.92 Å². The van der Waals surface area contributed by atoms with Gasteiger partial charge in [0, 0.05) is 24.5 Å². The molecule has 1 saturated heterocycles. The molecule has 0 aromatic carbocycles. The SMILES string of the molecule is CCN1CCCC(NC(=O)c2csc(CN)n2)C1. The molecule has 5 nitrogen and oxygen atoms in total. The van der Waals surface area contributed by atoms with Crippen molar-refractivity contribution < 1.29 is 4.79 Å². The van der Waals surface area contributed by atoms with E-state index in [1.165, 1.54) is 11.3 Å². The Morgan fingerprint density at radius 2 is 2.56 bits per heavy atom. The molecule has 3 N–H and O–H groups in total. The molecule has 1 atom stereocenters. The van der Waals surface area contributed by atoms with Crippen LogP contribution < -0.4 is 11.1 Å². The number of nitrogens with zero attached hydrogens (tertiary/aromatic N) is 2. The largest absolute Gasteiger partial charge is 0.347 e. The van der Waals surface area contributed by atoms with Crippen LogP contribution in [0.3, 0.4) is 0 Å². The monoisotopic (exact) mass is 268 g/mol. The van der Waals surface area contributed by atoms with Gasteiger partial charge in [-0.05, 0) is 25.9 Å². The van der Waals surface area contributed by atoms with Crippen LogP contribution in [0.2, 0.25) is 0 Å². The predicted molar refractivity (Wildman–Crippen MR) is 72.6 cm³/mol. The molecule has 100 valence electrons. The summed E-state index contributed by atoms with van der Waals surface area (Å²) in [6, 6.07) is 0.245. The Morgan fingerprint density at radius 3 is 3.22 bits per heavy atom. The fourth-order valence-corrected chi connectivity index (χ4v) is 2.88. The standard InChI is InChI=1S/C12H20N4OS/c1-2-16-5-3-4-9(7-16)14-12(17)10-8-18-11(6-13)15-10/h8-9H,2-7,13H2,1H3,(H,14,17). The fraction of sp³-hybridized carbons (Fsp3) is 0.667. The third-order valence-corrected chi connectivity index (χ3v) is 4.12. The molecule has 0 saturated carbocycles. The highest BCUT2D eigenvalue weighted by Crippen LogP contribution is 2.12. The van der Waals surface area contributed by atoms with Gasteiger partial charge in [-0.2, -0.15) is 0 Å². The van der Waals surface area contributed by atoms with Crippen molar-refractivity contribution in [3.63, 3.8) is 0 Å². The van der Waals surface area contributed by atoms with Crippen molar-refractivity contribution in [2.75, 3.05) is 19.6 Å². The van der Waals surface area contributed by atoms with Gasteiger partial charge >= 0.3 is 0 Å². The average molecular weight is 268 g/mol. The van der Waals surface area contributed by atoms with Crippen molar-refractivity contribution in [1.29, 1.82) is 0 Å². The van der Waals surface area contributed by atoms with Crippen molar-refractivity contribution in [1.82, 2.24) is 15.2 Å². The van der Waals surface area contributed by atoms with E-state index >= 15 is 0 Å². The second-order valence-corrected chi connectivity index (χ2v) is 5.48.